The van der Waals surface area contributed by atoms with Crippen LogP contribution in [-0.4, -0.2) is 27.1 Å². The lowest BCUT2D eigenvalue weighted by Crippen LogP contribution is -2.30. The van der Waals surface area contributed by atoms with Crippen molar-refractivity contribution >= 4 is 46.9 Å². The molecule has 0 aliphatic heterocycles. The predicted octanol–water partition coefficient (Wildman–Crippen LogP) is 3.68. The molecular weight excluding hydrogens is 448 g/mol. The van der Waals surface area contributed by atoms with Crippen LogP contribution in [0.3, 0.4) is 0 Å². The zero-order chi connectivity index (χ0) is 22.1. The fraction of sp³-hybridized carbons (Fsp3) is 0.0588. The minimum atomic E-state index is -4.83. The number of alkyl halides is 3. The van der Waals surface area contributed by atoms with Crippen molar-refractivity contribution in [2.75, 3.05) is 10.3 Å². The normalized spacial score (nSPS) is 11.3. The van der Waals surface area contributed by atoms with Gasteiger partial charge < -0.3 is 5.32 Å². The van der Waals surface area contributed by atoms with Gasteiger partial charge in [0.1, 0.15) is 5.69 Å². The number of rotatable bonds is 5. The Kier molecular flexibility index (Phi) is 5.97. The van der Waals surface area contributed by atoms with E-state index in [1.165, 1.54) is 36.5 Å². The highest BCUT2D eigenvalue weighted by molar-refractivity contribution is 6.32. The first-order chi connectivity index (χ1) is 14.1. The molecule has 2 amide bonds. The number of halogens is 5. The molecule has 0 aliphatic rings. The molecule has 2 aromatic heterocycles. The number of amides is 2. The van der Waals surface area contributed by atoms with Gasteiger partial charge in [-0.3, -0.25) is 9.59 Å². The zero-order valence-corrected chi connectivity index (χ0v) is 16.2. The first-order valence-corrected chi connectivity index (χ1v) is 8.75. The average Bonchev–Trinajstić information content (AvgIpc) is 3.14. The zero-order valence-electron chi connectivity index (χ0n) is 14.7. The molecular formula is C17H11Cl2F3N6O2. The van der Waals surface area contributed by atoms with E-state index in [1.54, 1.807) is 0 Å². The summed E-state index contributed by atoms with van der Waals surface area (Å²) in [5.74, 6) is 4.36. The number of nitrogens with one attached hydrogen (secondary N) is 1. The molecule has 156 valence electrons. The van der Waals surface area contributed by atoms with Gasteiger partial charge in [-0.25, -0.2) is 20.5 Å². The van der Waals surface area contributed by atoms with E-state index in [2.05, 4.69) is 15.4 Å². The van der Waals surface area contributed by atoms with Crippen LogP contribution in [0, 0.1) is 0 Å². The van der Waals surface area contributed by atoms with Gasteiger partial charge in [-0.1, -0.05) is 23.2 Å². The van der Waals surface area contributed by atoms with Crippen LogP contribution in [0.25, 0.3) is 5.82 Å². The molecule has 13 heteroatoms. The van der Waals surface area contributed by atoms with Gasteiger partial charge in [0.25, 0.3) is 5.91 Å². The van der Waals surface area contributed by atoms with Crippen LogP contribution in [0.2, 0.25) is 10.0 Å². The van der Waals surface area contributed by atoms with Gasteiger partial charge >= 0.3 is 6.18 Å². The SMILES string of the molecule is NN(C=O)c1ccc(Cl)cc1NC(=O)c1cc(C(F)(F)F)nn1-c1ncccc1Cl. The lowest BCUT2D eigenvalue weighted by molar-refractivity contribution is -0.141. The molecule has 0 bridgehead atoms. The van der Waals surface area contributed by atoms with Gasteiger partial charge in [0.2, 0.25) is 6.41 Å². The number of carbonyl (C=O) groups is 2. The minimum Gasteiger partial charge on any atom is -0.319 e. The van der Waals surface area contributed by atoms with Crippen LogP contribution in [0.5, 0.6) is 0 Å². The van der Waals surface area contributed by atoms with E-state index < -0.39 is 23.5 Å². The molecule has 0 spiro atoms. The molecule has 3 rings (SSSR count). The largest absolute Gasteiger partial charge is 0.435 e. The van der Waals surface area contributed by atoms with Gasteiger partial charge in [0.15, 0.2) is 11.5 Å². The Morgan fingerprint density at radius 1 is 1.23 bits per heavy atom. The van der Waals surface area contributed by atoms with Crippen molar-refractivity contribution in [2.45, 2.75) is 6.18 Å². The first-order valence-electron chi connectivity index (χ1n) is 8.00. The number of aromatic nitrogens is 3. The number of carbonyl (C=O) groups excluding carboxylic acids is 2. The monoisotopic (exact) mass is 458 g/mol. The predicted molar refractivity (Wildman–Crippen MR) is 104 cm³/mol. The number of anilines is 2. The third kappa shape index (κ3) is 4.37. The fourth-order valence-electron chi connectivity index (χ4n) is 2.45. The van der Waals surface area contributed by atoms with Gasteiger partial charge in [-0.2, -0.15) is 18.3 Å². The van der Waals surface area contributed by atoms with Crippen LogP contribution in [0.4, 0.5) is 24.5 Å². The number of hydrogen-bond acceptors (Lipinski definition) is 5. The molecule has 30 heavy (non-hydrogen) atoms. The Balaban J connectivity index is 2.09. The summed E-state index contributed by atoms with van der Waals surface area (Å²) in [6, 6.07) is 7.43. The lowest BCUT2D eigenvalue weighted by atomic mass is 10.2. The molecule has 0 radical (unpaired) electrons. The van der Waals surface area contributed by atoms with Gasteiger partial charge in [0.05, 0.1) is 16.4 Å². The van der Waals surface area contributed by atoms with E-state index in [4.69, 9.17) is 29.0 Å². The highest BCUT2D eigenvalue weighted by Crippen LogP contribution is 2.32. The Labute approximate surface area is 177 Å². The van der Waals surface area contributed by atoms with E-state index in [9.17, 15) is 22.8 Å². The second-order valence-electron chi connectivity index (χ2n) is 5.76. The van der Waals surface area contributed by atoms with Crippen molar-refractivity contribution in [3.05, 3.63) is 64.0 Å². The van der Waals surface area contributed by atoms with Gasteiger partial charge in [-0.15, -0.1) is 0 Å². The third-order valence-electron chi connectivity index (χ3n) is 3.77. The molecule has 0 saturated heterocycles. The molecule has 0 aliphatic carbocycles. The van der Waals surface area contributed by atoms with Crippen molar-refractivity contribution in [3.8, 4) is 5.82 Å². The third-order valence-corrected chi connectivity index (χ3v) is 4.30. The van der Waals surface area contributed by atoms with Gasteiger partial charge in [0, 0.05) is 17.3 Å². The highest BCUT2D eigenvalue weighted by Gasteiger charge is 2.36. The molecule has 0 fully saturated rings. The maximum atomic E-state index is 13.2. The molecule has 0 saturated carbocycles. The smallest absolute Gasteiger partial charge is 0.319 e. The first kappa shape index (κ1) is 21.6. The molecule has 3 aromatic rings. The van der Waals surface area contributed by atoms with Crippen LogP contribution in [0.15, 0.2) is 42.6 Å². The van der Waals surface area contributed by atoms with Crippen LogP contribution in [-0.2, 0) is 11.0 Å². The van der Waals surface area contributed by atoms with Crippen molar-refractivity contribution in [3.63, 3.8) is 0 Å². The molecule has 0 unspecified atom stereocenters. The second kappa shape index (κ2) is 8.30. The fourth-order valence-corrected chi connectivity index (χ4v) is 2.83. The van der Waals surface area contributed by atoms with Crippen molar-refractivity contribution in [1.82, 2.24) is 14.8 Å². The summed E-state index contributed by atoms with van der Waals surface area (Å²) in [7, 11) is 0. The van der Waals surface area contributed by atoms with Crippen LogP contribution in [0.1, 0.15) is 16.2 Å². The summed E-state index contributed by atoms with van der Waals surface area (Å²) < 4.78 is 40.3. The number of nitrogens with zero attached hydrogens (tertiary/aromatic N) is 4. The number of hydrogen-bond donors (Lipinski definition) is 2. The molecule has 0 atom stereocenters. The van der Waals surface area contributed by atoms with Crippen molar-refractivity contribution < 1.29 is 22.8 Å². The highest BCUT2D eigenvalue weighted by atomic mass is 35.5. The number of hydrazine groups is 1. The second-order valence-corrected chi connectivity index (χ2v) is 6.61. The van der Waals surface area contributed by atoms with E-state index in [0.717, 1.165) is 0 Å². The van der Waals surface area contributed by atoms with Gasteiger partial charge in [-0.05, 0) is 30.3 Å². The Morgan fingerprint density at radius 2 is 1.97 bits per heavy atom. The van der Waals surface area contributed by atoms with E-state index in [0.29, 0.717) is 15.8 Å². The standard InChI is InChI=1S/C17H11Cl2F3N6O2/c18-9-3-4-12(27(23)8-29)11(6-9)25-16(30)13-7-14(17(20,21)22)26-28(13)15-10(19)2-1-5-24-15/h1-8H,23H2,(H,25,30). The quantitative estimate of drug-likeness (QED) is 0.262. The van der Waals surface area contributed by atoms with Crippen molar-refractivity contribution in [1.29, 1.82) is 0 Å². The average molecular weight is 459 g/mol. The lowest BCUT2D eigenvalue weighted by Gasteiger charge is -2.16. The molecule has 8 nitrogen and oxygen atoms in total. The summed E-state index contributed by atoms with van der Waals surface area (Å²) in [5.41, 5.74) is -1.80. The molecule has 1 aromatic carbocycles. The summed E-state index contributed by atoms with van der Waals surface area (Å²) in [6.45, 7) is 0. The summed E-state index contributed by atoms with van der Waals surface area (Å²) in [6.07, 6.45) is -3.27. The van der Waals surface area contributed by atoms with Crippen LogP contribution >= 0.6 is 23.2 Å². The molecule has 2 heterocycles. The number of nitrogens with two attached hydrogens (primary N) is 1. The number of benzene rings is 1. The Hall–Kier alpha value is -3.15. The van der Waals surface area contributed by atoms with E-state index in [-0.39, 0.29) is 33.6 Å². The summed E-state index contributed by atoms with van der Waals surface area (Å²) in [4.78, 5) is 27.7. The number of pyridine rings is 1. The topological polar surface area (TPSA) is 106 Å². The maximum Gasteiger partial charge on any atom is 0.435 e. The Bertz CT molecular complexity index is 1120. The molecule has 3 N–H and O–H groups in total. The maximum absolute atomic E-state index is 13.2. The Morgan fingerprint density at radius 3 is 2.60 bits per heavy atom. The minimum absolute atomic E-state index is 0.0180. The summed E-state index contributed by atoms with van der Waals surface area (Å²) in [5, 5.41) is 6.63. The summed E-state index contributed by atoms with van der Waals surface area (Å²) >= 11 is 11.9. The van der Waals surface area contributed by atoms with E-state index >= 15 is 0 Å². The van der Waals surface area contributed by atoms with Crippen LogP contribution < -0.4 is 16.2 Å². The van der Waals surface area contributed by atoms with E-state index in [1.807, 2.05) is 0 Å². The van der Waals surface area contributed by atoms with Crippen molar-refractivity contribution in [2.24, 2.45) is 5.84 Å².